The molecule has 0 radical (unpaired) electrons. The third kappa shape index (κ3) is 24.7. The molecule has 0 aromatic heterocycles. The summed E-state index contributed by atoms with van der Waals surface area (Å²) in [6.07, 6.45) is 0.222. The van der Waals surface area contributed by atoms with Crippen molar-refractivity contribution in [1.29, 1.82) is 0 Å². The van der Waals surface area contributed by atoms with Crippen LogP contribution in [0.5, 0.6) is 0 Å². The van der Waals surface area contributed by atoms with Gasteiger partial charge in [0.05, 0.1) is 13.1 Å². The molecule has 0 fully saturated rings. The van der Waals surface area contributed by atoms with Crippen LogP contribution < -0.4 is 76.9 Å². The highest BCUT2D eigenvalue weighted by atomic mass is 32.1. The first-order valence-corrected chi connectivity index (χ1v) is 22.8. The lowest BCUT2D eigenvalue weighted by Crippen LogP contribution is -2.60. The molecule has 1 aromatic rings. The van der Waals surface area contributed by atoms with Gasteiger partial charge in [0.25, 0.3) is 0 Å². The van der Waals surface area contributed by atoms with Crippen molar-refractivity contribution in [3.05, 3.63) is 35.9 Å². The summed E-state index contributed by atoms with van der Waals surface area (Å²) < 4.78 is 0. The van der Waals surface area contributed by atoms with Crippen LogP contribution in [0.2, 0.25) is 0 Å². The summed E-state index contributed by atoms with van der Waals surface area (Å²) in [5.41, 5.74) is 33.2. The van der Waals surface area contributed by atoms with E-state index in [4.69, 9.17) is 34.4 Å². The van der Waals surface area contributed by atoms with Crippen LogP contribution in [0.4, 0.5) is 0 Å². The number of carbonyl (C=O) groups is 9. The van der Waals surface area contributed by atoms with Gasteiger partial charge in [-0.05, 0) is 49.5 Å². The zero-order chi connectivity index (χ0) is 51.3. The third-order valence-corrected chi connectivity index (χ3v) is 10.2. The van der Waals surface area contributed by atoms with Gasteiger partial charge < -0.3 is 76.9 Å². The number of carbonyl (C=O) groups excluding carboxylic acids is 9. The number of hydrogen-bond donors (Lipinski definition) is 15. The van der Waals surface area contributed by atoms with Crippen molar-refractivity contribution in [2.45, 2.75) is 109 Å². The van der Waals surface area contributed by atoms with E-state index in [1.807, 2.05) is 13.8 Å². The van der Waals surface area contributed by atoms with Crippen molar-refractivity contribution in [1.82, 2.24) is 42.5 Å². The number of thiol groups is 1. The minimum atomic E-state index is -1.34. The van der Waals surface area contributed by atoms with E-state index < -0.39 is 102 Å². The lowest BCUT2D eigenvalue weighted by molar-refractivity contribution is -0.136. The van der Waals surface area contributed by atoms with Gasteiger partial charge in [-0.25, -0.2) is 0 Å². The van der Waals surface area contributed by atoms with Gasteiger partial charge in [-0.1, -0.05) is 58.0 Å². The fourth-order valence-electron chi connectivity index (χ4n) is 6.30. The Labute approximate surface area is 401 Å². The molecular weight excluding hydrogens is 905 g/mol. The molecule has 0 saturated carbocycles. The summed E-state index contributed by atoms with van der Waals surface area (Å²) in [7, 11) is 0. The summed E-state index contributed by atoms with van der Waals surface area (Å²) >= 11 is 4.17. The van der Waals surface area contributed by atoms with Crippen LogP contribution in [-0.4, -0.2) is 140 Å². The quantitative estimate of drug-likeness (QED) is 0.0139. The molecule has 0 aliphatic heterocycles. The van der Waals surface area contributed by atoms with Crippen LogP contribution in [0.1, 0.15) is 71.8 Å². The van der Waals surface area contributed by atoms with Crippen molar-refractivity contribution in [3.63, 3.8) is 0 Å². The number of primary amides is 1. The molecule has 68 heavy (non-hydrogen) atoms. The molecule has 1 rings (SSSR count). The molecular formula is C42H72N16O9S. The van der Waals surface area contributed by atoms with Gasteiger partial charge in [-0.2, -0.15) is 12.6 Å². The Morgan fingerprint density at radius 2 is 1.09 bits per heavy atom. The average Bonchev–Trinajstić information content (AvgIpc) is 3.27. The van der Waals surface area contributed by atoms with Crippen molar-refractivity contribution in [2.75, 3.05) is 38.5 Å². The van der Waals surface area contributed by atoms with Crippen molar-refractivity contribution in [2.24, 2.45) is 56.2 Å². The number of rotatable bonds is 32. The minimum Gasteiger partial charge on any atom is -0.370 e. The fourth-order valence-corrected chi connectivity index (χ4v) is 6.55. The molecule has 0 aliphatic carbocycles. The smallest absolute Gasteiger partial charge is 0.243 e. The second-order valence-electron chi connectivity index (χ2n) is 16.5. The number of nitrogens with one attached hydrogen (secondary N) is 8. The Morgan fingerprint density at radius 1 is 0.588 bits per heavy atom. The maximum absolute atomic E-state index is 14.2. The Kier molecular flexibility index (Phi) is 28.0. The number of benzene rings is 1. The maximum Gasteiger partial charge on any atom is 0.243 e. The molecule has 0 heterocycles. The normalized spacial score (nSPS) is 13.5. The highest BCUT2D eigenvalue weighted by Crippen LogP contribution is 2.11. The fraction of sp³-hybridized carbons (Fsp3) is 0.595. The highest BCUT2D eigenvalue weighted by molar-refractivity contribution is 7.80. The summed E-state index contributed by atoms with van der Waals surface area (Å²) in [6.45, 7) is 6.15. The van der Waals surface area contributed by atoms with Gasteiger partial charge in [0.1, 0.15) is 36.3 Å². The van der Waals surface area contributed by atoms with E-state index in [1.54, 1.807) is 44.2 Å². The molecule has 0 spiro atoms. The van der Waals surface area contributed by atoms with E-state index in [0.717, 1.165) is 0 Å². The molecule has 20 N–H and O–H groups in total. The SMILES string of the molecule is CC(C)C[C@H](NC(=O)[C@@H](Cc1ccccc1)NC(=O)CNC(=O)CN)C(=O)N[C@@H](CCCN=C(N)N)C(=O)N[C@@H](CCCN=C(N)N)C(=O)N[C@H](C(=O)N[C@@H](CS)C(=O)NCCC(N)=O)C(C)C. The molecule has 26 heteroatoms. The second kappa shape index (κ2) is 32.1. The van der Waals surface area contributed by atoms with Gasteiger partial charge in [0, 0.05) is 38.2 Å². The summed E-state index contributed by atoms with van der Waals surface area (Å²) in [4.78, 5) is 126. The van der Waals surface area contributed by atoms with Crippen molar-refractivity contribution >= 4 is 77.7 Å². The van der Waals surface area contributed by atoms with Crippen LogP contribution in [0, 0.1) is 11.8 Å². The van der Waals surface area contributed by atoms with Crippen LogP contribution in [0.15, 0.2) is 40.3 Å². The second-order valence-corrected chi connectivity index (χ2v) is 16.8. The highest BCUT2D eigenvalue weighted by Gasteiger charge is 2.34. The Bertz CT molecular complexity index is 1900. The van der Waals surface area contributed by atoms with E-state index in [1.165, 1.54) is 0 Å². The Morgan fingerprint density at radius 3 is 1.57 bits per heavy atom. The molecule has 1 aromatic carbocycles. The van der Waals surface area contributed by atoms with E-state index >= 15 is 0 Å². The molecule has 380 valence electrons. The Hall–Kier alpha value is -6.70. The van der Waals surface area contributed by atoms with Gasteiger partial charge in [0.15, 0.2) is 11.9 Å². The van der Waals surface area contributed by atoms with Crippen LogP contribution >= 0.6 is 12.6 Å². The van der Waals surface area contributed by atoms with Crippen LogP contribution in [0.25, 0.3) is 0 Å². The number of guanidine groups is 2. The Balaban J connectivity index is 3.50. The first-order chi connectivity index (χ1) is 32.1. The van der Waals surface area contributed by atoms with Gasteiger partial charge in [-0.15, -0.1) is 0 Å². The first-order valence-electron chi connectivity index (χ1n) is 22.2. The van der Waals surface area contributed by atoms with E-state index in [0.29, 0.717) is 5.56 Å². The molecule has 0 bridgehead atoms. The first kappa shape index (κ1) is 59.3. The number of hydrogen-bond acceptors (Lipinski definition) is 13. The van der Waals surface area contributed by atoms with Gasteiger partial charge in [0.2, 0.25) is 53.2 Å². The largest absolute Gasteiger partial charge is 0.370 e. The lowest BCUT2D eigenvalue weighted by atomic mass is 10.00. The van der Waals surface area contributed by atoms with E-state index in [2.05, 4.69) is 65.1 Å². The molecule has 0 unspecified atom stereocenters. The zero-order valence-corrected chi connectivity index (χ0v) is 40.1. The molecule has 6 atom stereocenters. The third-order valence-electron chi connectivity index (χ3n) is 9.80. The van der Waals surface area contributed by atoms with Gasteiger partial charge in [-0.3, -0.25) is 53.1 Å². The molecule has 9 amide bonds. The van der Waals surface area contributed by atoms with E-state index in [9.17, 15) is 43.2 Å². The average molecular weight is 977 g/mol. The number of nitrogens with zero attached hydrogens (tertiary/aromatic N) is 2. The molecule has 0 aliphatic rings. The predicted octanol–water partition coefficient (Wildman–Crippen LogP) is -5.06. The maximum atomic E-state index is 14.2. The standard InChI is InChI=1S/C42H72N16O9S/c1-23(2)18-28(56-39(66)29(19-25-10-6-5-7-11-25)53-33(61)21-52-32(60)20-43)38(65)55-26(12-8-15-50-41(45)46)36(63)54-27(13-9-16-51-42(47)48)37(64)58-34(24(3)4)40(67)57-30(22-68)35(62)49-17-14-31(44)59/h5-7,10-11,23-24,26-30,34,68H,8-9,12-22,43H2,1-4H3,(H2,44,59)(H,49,62)(H,52,60)(H,53,61)(H,54,63)(H,55,65)(H,56,66)(H,57,67)(H,58,64)(H4,45,46,50)(H4,47,48,51)/t26-,27-,28-,29+,30-,34-/m0/s1. The van der Waals surface area contributed by atoms with Crippen molar-refractivity contribution in [3.8, 4) is 0 Å². The topological polar surface area (TPSA) is 431 Å². The van der Waals surface area contributed by atoms with Crippen LogP contribution in [-0.2, 0) is 49.6 Å². The minimum absolute atomic E-state index is 0.0184. The summed E-state index contributed by atoms with van der Waals surface area (Å²) in [6, 6.07) is 1.28. The number of nitrogens with two attached hydrogens (primary N) is 6. The summed E-state index contributed by atoms with van der Waals surface area (Å²) in [5, 5.41) is 20.7. The van der Waals surface area contributed by atoms with E-state index in [-0.39, 0.29) is 94.7 Å². The number of aliphatic imine (C=N–C) groups is 2. The van der Waals surface area contributed by atoms with Crippen LogP contribution in [0.3, 0.4) is 0 Å². The van der Waals surface area contributed by atoms with Crippen molar-refractivity contribution < 1.29 is 43.2 Å². The zero-order valence-electron chi connectivity index (χ0n) is 39.2. The molecule has 25 nitrogen and oxygen atoms in total. The monoisotopic (exact) mass is 977 g/mol. The molecule has 0 saturated heterocycles. The summed E-state index contributed by atoms with van der Waals surface area (Å²) in [5.74, 6) is -7.66. The number of amides is 9. The van der Waals surface area contributed by atoms with Gasteiger partial charge >= 0.3 is 0 Å². The predicted molar refractivity (Wildman–Crippen MR) is 259 cm³/mol. The lowest BCUT2D eigenvalue weighted by Gasteiger charge is -2.29.